The van der Waals surface area contributed by atoms with E-state index < -0.39 is 11.6 Å². The zero-order valence-corrected chi connectivity index (χ0v) is 16.0. The van der Waals surface area contributed by atoms with Gasteiger partial charge in [-0.25, -0.2) is 18.7 Å². The number of carbonyl (C=O) groups is 1. The van der Waals surface area contributed by atoms with Crippen LogP contribution in [0, 0.1) is 29.4 Å². The first-order chi connectivity index (χ1) is 14.0. The molecule has 3 saturated carbocycles. The average Bonchev–Trinajstić information content (AvgIpc) is 3.13. The summed E-state index contributed by atoms with van der Waals surface area (Å²) in [5, 5.41) is 10.6. The quantitative estimate of drug-likeness (QED) is 0.692. The van der Waals surface area contributed by atoms with E-state index in [-0.39, 0.29) is 23.6 Å². The minimum absolute atomic E-state index is 0.110. The first-order valence-electron chi connectivity index (χ1n) is 9.95. The summed E-state index contributed by atoms with van der Waals surface area (Å²) in [4.78, 5) is 20.7. The molecule has 0 aromatic carbocycles. The van der Waals surface area contributed by atoms with Crippen LogP contribution in [0.25, 0.3) is 22.4 Å². The molecule has 3 aliphatic rings. The van der Waals surface area contributed by atoms with Crippen molar-refractivity contribution in [2.75, 3.05) is 5.32 Å². The molecule has 2 bridgehead atoms. The van der Waals surface area contributed by atoms with Gasteiger partial charge in [-0.05, 0) is 62.6 Å². The Morgan fingerprint density at radius 2 is 1.93 bits per heavy atom. The lowest BCUT2D eigenvalue weighted by Gasteiger charge is -2.48. The molecule has 150 valence electrons. The summed E-state index contributed by atoms with van der Waals surface area (Å²) in [5.74, 6) is -0.128. The third kappa shape index (κ3) is 3.07. The van der Waals surface area contributed by atoms with Gasteiger partial charge in [0, 0.05) is 12.0 Å². The number of pyridine rings is 2. The minimum Gasteiger partial charge on any atom is -0.364 e. The molecule has 0 amide bonds. The zero-order valence-electron chi connectivity index (χ0n) is 16.0. The van der Waals surface area contributed by atoms with Crippen LogP contribution in [0.4, 0.5) is 14.6 Å². The number of ketones is 1. The number of aromatic amines is 1. The van der Waals surface area contributed by atoms with Crippen molar-refractivity contribution in [3.8, 4) is 11.4 Å². The second kappa shape index (κ2) is 6.86. The lowest BCUT2D eigenvalue weighted by molar-refractivity contribution is -0.126. The van der Waals surface area contributed by atoms with E-state index in [1.165, 1.54) is 18.2 Å². The number of H-pyrrole nitrogens is 1. The van der Waals surface area contributed by atoms with Crippen molar-refractivity contribution in [1.82, 2.24) is 20.2 Å². The molecule has 2 atom stereocenters. The normalized spacial score (nSPS) is 26.0. The molecule has 0 spiro atoms. The van der Waals surface area contributed by atoms with E-state index in [2.05, 4.69) is 25.5 Å². The third-order valence-electron chi connectivity index (χ3n) is 6.47. The number of fused-ring (bicyclic) bond motifs is 4. The van der Waals surface area contributed by atoms with Crippen molar-refractivity contribution in [2.24, 2.45) is 17.8 Å². The van der Waals surface area contributed by atoms with Crippen molar-refractivity contribution in [2.45, 2.75) is 38.6 Å². The van der Waals surface area contributed by atoms with E-state index in [9.17, 15) is 13.6 Å². The minimum atomic E-state index is -0.483. The van der Waals surface area contributed by atoms with Crippen molar-refractivity contribution in [1.29, 1.82) is 0 Å². The molecular formula is C21H21F2N5O. The van der Waals surface area contributed by atoms with Gasteiger partial charge < -0.3 is 5.32 Å². The molecule has 0 radical (unpaired) electrons. The van der Waals surface area contributed by atoms with Gasteiger partial charge in [0.15, 0.2) is 17.3 Å². The van der Waals surface area contributed by atoms with Crippen LogP contribution in [0.3, 0.4) is 0 Å². The molecule has 8 heteroatoms. The van der Waals surface area contributed by atoms with Crippen molar-refractivity contribution in [3.63, 3.8) is 0 Å². The Labute approximate surface area is 166 Å². The van der Waals surface area contributed by atoms with Crippen LogP contribution in [0.15, 0.2) is 24.4 Å². The molecule has 6 rings (SSSR count). The summed E-state index contributed by atoms with van der Waals surface area (Å²) >= 11 is 0. The van der Waals surface area contributed by atoms with Crippen molar-refractivity contribution in [3.05, 3.63) is 36.0 Å². The number of halogens is 2. The van der Waals surface area contributed by atoms with E-state index in [0.717, 1.165) is 31.9 Å². The maximum absolute atomic E-state index is 14.6. The molecule has 3 heterocycles. The highest BCUT2D eigenvalue weighted by molar-refractivity contribution is 5.89. The summed E-state index contributed by atoms with van der Waals surface area (Å²) in [6.07, 6.45) is 5.30. The van der Waals surface area contributed by atoms with Gasteiger partial charge in [-0.3, -0.25) is 9.89 Å². The topological polar surface area (TPSA) is 83.6 Å². The highest BCUT2D eigenvalue weighted by Crippen LogP contribution is 2.46. The molecule has 3 fully saturated rings. The molecule has 0 unspecified atom stereocenters. The van der Waals surface area contributed by atoms with Crippen molar-refractivity contribution < 1.29 is 13.6 Å². The summed E-state index contributed by atoms with van der Waals surface area (Å²) in [5.41, 5.74) is 1.27. The third-order valence-corrected chi connectivity index (χ3v) is 6.47. The number of nitrogens with zero attached hydrogens (tertiary/aromatic N) is 3. The van der Waals surface area contributed by atoms with Gasteiger partial charge in [0.05, 0.1) is 23.0 Å². The lowest BCUT2D eigenvalue weighted by atomic mass is 9.60. The highest BCUT2D eigenvalue weighted by atomic mass is 19.1. The van der Waals surface area contributed by atoms with E-state index in [1.807, 2.05) is 0 Å². The fourth-order valence-electron chi connectivity index (χ4n) is 5.15. The number of rotatable bonds is 4. The zero-order chi connectivity index (χ0) is 20.1. The van der Waals surface area contributed by atoms with Gasteiger partial charge in [-0.1, -0.05) is 0 Å². The fourth-order valence-corrected chi connectivity index (χ4v) is 5.15. The van der Waals surface area contributed by atoms with Crippen LogP contribution in [0.5, 0.6) is 0 Å². The number of hydrogen-bond donors (Lipinski definition) is 2. The Balaban J connectivity index is 1.51. The molecule has 2 N–H and O–H groups in total. The van der Waals surface area contributed by atoms with Gasteiger partial charge >= 0.3 is 0 Å². The maximum atomic E-state index is 14.6. The van der Waals surface area contributed by atoms with Crippen LogP contribution in [-0.2, 0) is 4.79 Å². The lowest BCUT2D eigenvalue weighted by Crippen LogP contribution is -2.51. The van der Waals surface area contributed by atoms with E-state index >= 15 is 0 Å². The summed E-state index contributed by atoms with van der Waals surface area (Å²) < 4.78 is 28.2. The number of aromatic nitrogens is 4. The van der Waals surface area contributed by atoms with E-state index in [4.69, 9.17) is 0 Å². The van der Waals surface area contributed by atoms with Crippen molar-refractivity contribution >= 4 is 22.6 Å². The van der Waals surface area contributed by atoms with Gasteiger partial charge in [-0.2, -0.15) is 5.10 Å². The molecule has 0 aliphatic heterocycles. The molecule has 3 aromatic rings. The molecule has 29 heavy (non-hydrogen) atoms. The van der Waals surface area contributed by atoms with Crippen LogP contribution in [0.2, 0.25) is 0 Å². The summed E-state index contributed by atoms with van der Waals surface area (Å²) in [6, 6.07) is 4.06. The first kappa shape index (κ1) is 18.1. The predicted octanol–water partition coefficient (Wildman–Crippen LogP) is 4.10. The summed E-state index contributed by atoms with van der Waals surface area (Å²) in [7, 11) is 0. The largest absolute Gasteiger partial charge is 0.364 e. The fraction of sp³-hybridized carbons (Fsp3) is 0.429. The summed E-state index contributed by atoms with van der Waals surface area (Å²) in [6.45, 7) is 1.62. The van der Waals surface area contributed by atoms with Crippen LogP contribution < -0.4 is 5.32 Å². The van der Waals surface area contributed by atoms with Crippen LogP contribution in [-0.4, -0.2) is 32.0 Å². The standard InChI is InChI=1S/C21H21F2N5O/c1-10(29)17-11-2-4-12(5-3-11)18(17)26-21-15(23)6-7-16(25-21)19-14-8-13(22)9-24-20(14)28-27-19/h6-9,11-12,17-18H,2-5H2,1H3,(H,25,26)(H,24,27,28)/t11?,12?,17-,18-/m0/s1. The highest BCUT2D eigenvalue weighted by Gasteiger charge is 2.46. The number of Topliss-reactive ketones (excluding diaryl/α,β-unsaturated/α-hetero) is 1. The van der Waals surface area contributed by atoms with E-state index in [1.54, 1.807) is 6.92 Å². The van der Waals surface area contributed by atoms with E-state index in [0.29, 0.717) is 34.3 Å². The molecule has 0 saturated heterocycles. The monoisotopic (exact) mass is 397 g/mol. The van der Waals surface area contributed by atoms with Crippen LogP contribution in [0.1, 0.15) is 32.6 Å². The first-order valence-corrected chi connectivity index (χ1v) is 9.95. The second-order valence-electron chi connectivity index (χ2n) is 8.13. The Hall–Kier alpha value is -2.90. The molecule has 3 aromatic heterocycles. The Morgan fingerprint density at radius 1 is 1.17 bits per heavy atom. The molecule has 6 nitrogen and oxygen atoms in total. The van der Waals surface area contributed by atoms with Crippen LogP contribution >= 0.6 is 0 Å². The SMILES string of the molecule is CC(=O)[C@H]1C2CCC(CC2)[C@@H]1Nc1nc(-c2[nH]nc3ncc(F)cc23)ccc1F. The molecular weight excluding hydrogens is 376 g/mol. The van der Waals surface area contributed by atoms with Gasteiger partial charge in [0.2, 0.25) is 0 Å². The Bertz CT molecular complexity index is 1090. The predicted molar refractivity (Wildman–Crippen MR) is 104 cm³/mol. The maximum Gasteiger partial charge on any atom is 0.181 e. The number of carbonyl (C=O) groups excluding carboxylic acids is 1. The van der Waals surface area contributed by atoms with Gasteiger partial charge in [0.1, 0.15) is 11.6 Å². The van der Waals surface area contributed by atoms with Gasteiger partial charge in [-0.15, -0.1) is 0 Å². The average molecular weight is 397 g/mol. The Kier molecular flexibility index (Phi) is 4.29. The molecule has 3 aliphatic carbocycles. The Morgan fingerprint density at radius 3 is 2.69 bits per heavy atom. The number of nitrogens with one attached hydrogen (secondary N) is 2. The van der Waals surface area contributed by atoms with Gasteiger partial charge in [0.25, 0.3) is 0 Å². The second-order valence-corrected chi connectivity index (χ2v) is 8.13. The number of hydrogen-bond acceptors (Lipinski definition) is 5. The number of anilines is 1. The smallest absolute Gasteiger partial charge is 0.181 e.